The van der Waals surface area contributed by atoms with Crippen LogP contribution >= 0.6 is 0 Å². The Hall–Kier alpha value is -1.45. The predicted octanol–water partition coefficient (Wildman–Crippen LogP) is 4.09. The second-order valence-corrected chi connectivity index (χ2v) is 5.36. The molecule has 0 aromatic heterocycles. The standard InChI is InChI=1S/C15H16F3N/c1-10-14-6-5-12(15(16,17)18)8-11(14)9-13-4-2-3-7-19(10)13/h5-6,8,13H,1-4,7,9H2. The van der Waals surface area contributed by atoms with E-state index in [0.29, 0.717) is 12.5 Å². The van der Waals surface area contributed by atoms with Crippen LogP contribution in [0.15, 0.2) is 24.8 Å². The molecular weight excluding hydrogens is 251 g/mol. The molecule has 1 atom stereocenters. The van der Waals surface area contributed by atoms with E-state index in [9.17, 15) is 13.2 Å². The number of alkyl halides is 3. The summed E-state index contributed by atoms with van der Waals surface area (Å²) >= 11 is 0. The molecular formula is C15H16F3N. The highest BCUT2D eigenvalue weighted by Crippen LogP contribution is 2.38. The number of halogens is 3. The maximum absolute atomic E-state index is 12.8. The number of fused-ring (bicyclic) bond motifs is 2. The zero-order valence-corrected chi connectivity index (χ0v) is 10.6. The van der Waals surface area contributed by atoms with Gasteiger partial charge in [-0.1, -0.05) is 12.6 Å². The zero-order valence-electron chi connectivity index (χ0n) is 10.6. The maximum Gasteiger partial charge on any atom is 0.416 e. The van der Waals surface area contributed by atoms with E-state index in [0.717, 1.165) is 48.7 Å². The Kier molecular flexibility index (Phi) is 2.84. The molecule has 0 N–H and O–H groups in total. The fraction of sp³-hybridized carbons (Fsp3) is 0.467. The summed E-state index contributed by atoms with van der Waals surface area (Å²) in [5.74, 6) is 0. The van der Waals surface area contributed by atoms with E-state index in [1.54, 1.807) is 6.07 Å². The molecule has 1 nitrogen and oxygen atoms in total. The Morgan fingerprint density at radius 1 is 1.21 bits per heavy atom. The smallest absolute Gasteiger partial charge is 0.368 e. The van der Waals surface area contributed by atoms with Crippen molar-refractivity contribution in [2.45, 2.75) is 37.9 Å². The van der Waals surface area contributed by atoms with E-state index in [1.807, 2.05) is 0 Å². The number of hydrogen-bond acceptors (Lipinski definition) is 1. The summed E-state index contributed by atoms with van der Waals surface area (Å²) in [6.07, 6.45) is -0.207. The lowest BCUT2D eigenvalue weighted by Crippen LogP contribution is -2.42. The van der Waals surface area contributed by atoms with Crippen molar-refractivity contribution in [2.75, 3.05) is 6.54 Å². The molecule has 1 fully saturated rings. The van der Waals surface area contributed by atoms with Gasteiger partial charge in [-0.3, -0.25) is 0 Å². The van der Waals surface area contributed by atoms with Crippen LogP contribution in [0.5, 0.6) is 0 Å². The molecule has 1 unspecified atom stereocenters. The van der Waals surface area contributed by atoms with Crippen molar-refractivity contribution in [1.82, 2.24) is 4.90 Å². The second-order valence-electron chi connectivity index (χ2n) is 5.36. The Balaban J connectivity index is 2.00. The van der Waals surface area contributed by atoms with E-state index < -0.39 is 11.7 Å². The average Bonchev–Trinajstić information content (AvgIpc) is 2.37. The molecule has 2 aliphatic rings. The summed E-state index contributed by atoms with van der Waals surface area (Å²) < 4.78 is 38.3. The van der Waals surface area contributed by atoms with Crippen molar-refractivity contribution in [3.63, 3.8) is 0 Å². The molecule has 102 valence electrons. The van der Waals surface area contributed by atoms with Crippen LogP contribution in [0.1, 0.15) is 36.0 Å². The van der Waals surface area contributed by atoms with Gasteiger partial charge >= 0.3 is 6.18 Å². The van der Waals surface area contributed by atoms with Gasteiger partial charge in [0.15, 0.2) is 0 Å². The Morgan fingerprint density at radius 2 is 2.00 bits per heavy atom. The minimum atomic E-state index is -4.26. The summed E-state index contributed by atoms with van der Waals surface area (Å²) in [5, 5.41) is 0. The Bertz CT molecular complexity index is 519. The lowest BCUT2D eigenvalue weighted by atomic mass is 9.86. The molecule has 2 heterocycles. The van der Waals surface area contributed by atoms with Crippen LogP contribution in [-0.2, 0) is 12.6 Å². The van der Waals surface area contributed by atoms with Gasteiger partial charge in [-0.05, 0) is 43.4 Å². The van der Waals surface area contributed by atoms with Crippen LogP contribution in [0, 0.1) is 0 Å². The highest BCUT2D eigenvalue weighted by atomic mass is 19.4. The Morgan fingerprint density at radius 3 is 2.74 bits per heavy atom. The molecule has 3 rings (SSSR count). The van der Waals surface area contributed by atoms with Crippen LogP contribution in [0.25, 0.3) is 5.70 Å². The fourth-order valence-electron chi connectivity index (χ4n) is 3.20. The van der Waals surface area contributed by atoms with Crippen molar-refractivity contribution in [3.8, 4) is 0 Å². The minimum absolute atomic E-state index is 0.331. The van der Waals surface area contributed by atoms with Crippen LogP contribution in [0.3, 0.4) is 0 Å². The van der Waals surface area contributed by atoms with Gasteiger partial charge in [0.2, 0.25) is 0 Å². The molecule has 0 saturated carbocycles. The molecule has 0 bridgehead atoms. The first-order chi connectivity index (χ1) is 8.97. The normalized spacial score (nSPS) is 23.0. The van der Waals surface area contributed by atoms with E-state index in [-0.39, 0.29) is 0 Å². The first-order valence-electron chi connectivity index (χ1n) is 6.63. The lowest BCUT2D eigenvalue weighted by molar-refractivity contribution is -0.137. The van der Waals surface area contributed by atoms with Crippen molar-refractivity contribution in [2.24, 2.45) is 0 Å². The van der Waals surface area contributed by atoms with E-state index >= 15 is 0 Å². The predicted molar refractivity (Wildman–Crippen MR) is 68.5 cm³/mol. The van der Waals surface area contributed by atoms with Crippen LogP contribution in [0.4, 0.5) is 13.2 Å². The number of rotatable bonds is 0. The van der Waals surface area contributed by atoms with Crippen molar-refractivity contribution < 1.29 is 13.2 Å². The van der Waals surface area contributed by atoms with Crippen molar-refractivity contribution in [1.29, 1.82) is 0 Å². The molecule has 4 heteroatoms. The molecule has 19 heavy (non-hydrogen) atoms. The molecule has 0 aliphatic carbocycles. The molecule has 0 spiro atoms. The van der Waals surface area contributed by atoms with Gasteiger partial charge in [0, 0.05) is 23.8 Å². The number of piperidine rings is 1. The quantitative estimate of drug-likeness (QED) is 0.684. The largest absolute Gasteiger partial charge is 0.416 e. The van der Waals surface area contributed by atoms with Gasteiger partial charge < -0.3 is 4.90 Å². The zero-order chi connectivity index (χ0) is 13.6. The minimum Gasteiger partial charge on any atom is -0.368 e. The van der Waals surface area contributed by atoms with E-state index in [1.165, 1.54) is 6.07 Å². The summed E-state index contributed by atoms with van der Waals surface area (Å²) in [4.78, 5) is 2.26. The molecule has 2 aliphatic heterocycles. The Labute approximate surface area is 110 Å². The first-order valence-corrected chi connectivity index (χ1v) is 6.63. The molecule has 1 saturated heterocycles. The fourth-order valence-corrected chi connectivity index (χ4v) is 3.20. The van der Waals surface area contributed by atoms with E-state index in [4.69, 9.17) is 0 Å². The average molecular weight is 267 g/mol. The summed E-state index contributed by atoms with van der Waals surface area (Å²) in [7, 11) is 0. The first kappa shape index (κ1) is 12.6. The summed E-state index contributed by atoms with van der Waals surface area (Å²) in [5.41, 5.74) is 2.01. The highest BCUT2D eigenvalue weighted by Gasteiger charge is 2.34. The van der Waals surface area contributed by atoms with Crippen LogP contribution < -0.4 is 0 Å². The molecule has 0 amide bonds. The van der Waals surface area contributed by atoms with Crippen LogP contribution in [-0.4, -0.2) is 17.5 Å². The molecule has 1 aromatic carbocycles. The van der Waals surface area contributed by atoms with Gasteiger partial charge in [0.25, 0.3) is 0 Å². The highest BCUT2D eigenvalue weighted by molar-refractivity contribution is 5.68. The third-order valence-corrected chi connectivity index (χ3v) is 4.17. The monoisotopic (exact) mass is 267 g/mol. The maximum atomic E-state index is 12.8. The van der Waals surface area contributed by atoms with Gasteiger partial charge in [-0.15, -0.1) is 0 Å². The van der Waals surface area contributed by atoms with Gasteiger partial charge in [-0.25, -0.2) is 0 Å². The SMILES string of the molecule is C=C1c2ccc(C(F)(F)F)cc2CC2CCCCN12. The van der Waals surface area contributed by atoms with E-state index in [2.05, 4.69) is 11.5 Å². The van der Waals surface area contributed by atoms with Gasteiger partial charge in [0.1, 0.15) is 0 Å². The van der Waals surface area contributed by atoms with Crippen molar-refractivity contribution >= 4 is 5.70 Å². The van der Waals surface area contributed by atoms with Gasteiger partial charge in [-0.2, -0.15) is 13.2 Å². The van der Waals surface area contributed by atoms with Crippen molar-refractivity contribution in [3.05, 3.63) is 41.5 Å². The van der Waals surface area contributed by atoms with Gasteiger partial charge in [0.05, 0.1) is 5.56 Å². The molecule has 1 aromatic rings. The number of hydrogen-bond donors (Lipinski definition) is 0. The third-order valence-electron chi connectivity index (χ3n) is 4.17. The molecule has 0 radical (unpaired) electrons. The topological polar surface area (TPSA) is 3.24 Å². The third kappa shape index (κ3) is 2.13. The lowest BCUT2D eigenvalue weighted by Gasteiger charge is -2.43. The second kappa shape index (κ2) is 4.29. The summed E-state index contributed by atoms with van der Waals surface area (Å²) in [6, 6.07) is 4.36. The number of nitrogens with zero attached hydrogens (tertiary/aromatic N) is 1. The van der Waals surface area contributed by atoms with Crippen LogP contribution in [0.2, 0.25) is 0 Å². The summed E-state index contributed by atoms with van der Waals surface area (Å²) in [6.45, 7) is 5.05. The number of benzene rings is 1.